The number of phenolic OH excluding ortho intramolecular Hbond substituents is 1. The van der Waals surface area contributed by atoms with E-state index in [9.17, 15) is 19.8 Å². The van der Waals surface area contributed by atoms with Gasteiger partial charge in [0.1, 0.15) is 5.75 Å². The van der Waals surface area contributed by atoms with Crippen LogP contribution in [0.1, 0.15) is 57.3 Å². The zero-order valence-electron chi connectivity index (χ0n) is 17.3. The van der Waals surface area contributed by atoms with E-state index in [2.05, 4.69) is 19.2 Å². The summed E-state index contributed by atoms with van der Waals surface area (Å²) in [6.45, 7) is 6.85. The van der Waals surface area contributed by atoms with Crippen molar-refractivity contribution in [2.75, 3.05) is 11.9 Å². The van der Waals surface area contributed by atoms with Crippen molar-refractivity contribution < 1.29 is 24.5 Å². The molecular formula is C23H29NO5. The lowest BCUT2D eigenvalue weighted by atomic mass is 9.82. The molecule has 6 heteroatoms. The number of esters is 1. The number of nitrogens with one attached hydrogen (secondary N) is 1. The smallest absolute Gasteiger partial charge is 0.315 e. The van der Waals surface area contributed by atoms with Gasteiger partial charge in [-0.1, -0.05) is 38.1 Å². The van der Waals surface area contributed by atoms with E-state index in [1.165, 1.54) is 31.5 Å². The summed E-state index contributed by atoms with van der Waals surface area (Å²) in [5, 5.41) is 22.8. The summed E-state index contributed by atoms with van der Waals surface area (Å²) in [5.74, 6) is -0.738. The lowest BCUT2D eigenvalue weighted by Gasteiger charge is -2.28. The summed E-state index contributed by atoms with van der Waals surface area (Å²) in [7, 11) is 0. The van der Waals surface area contributed by atoms with E-state index >= 15 is 0 Å². The molecule has 0 spiro atoms. The molecule has 0 aliphatic heterocycles. The third-order valence-electron chi connectivity index (χ3n) is 5.11. The van der Waals surface area contributed by atoms with Crippen LogP contribution in [0.3, 0.4) is 0 Å². The average Bonchev–Trinajstić information content (AvgIpc) is 2.71. The van der Waals surface area contributed by atoms with Crippen molar-refractivity contribution in [1.29, 1.82) is 0 Å². The molecule has 156 valence electrons. The number of hydrogen-bond donors (Lipinski definition) is 3. The number of aromatic hydroxyl groups is 1. The number of amides is 1. The Labute approximate surface area is 171 Å². The number of benzene rings is 2. The Morgan fingerprint density at radius 2 is 1.76 bits per heavy atom. The van der Waals surface area contributed by atoms with Crippen molar-refractivity contribution in [3.8, 4) is 5.75 Å². The highest BCUT2D eigenvalue weighted by molar-refractivity contribution is 5.93. The molecule has 2 aromatic carbocycles. The number of aliphatic hydroxyl groups excluding tert-OH is 1. The van der Waals surface area contributed by atoms with Crippen molar-refractivity contribution in [1.82, 2.24) is 0 Å². The Balaban J connectivity index is 1.92. The van der Waals surface area contributed by atoms with Gasteiger partial charge in [-0.2, -0.15) is 0 Å². The van der Waals surface area contributed by atoms with E-state index in [0.717, 1.165) is 6.42 Å². The first-order valence-electron chi connectivity index (χ1n) is 9.69. The molecule has 3 N–H and O–H groups in total. The fourth-order valence-electron chi connectivity index (χ4n) is 2.87. The molecule has 0 aliphatic rings. The van der Waals surface area contributed by atoms with Crippen LogP contribution in [-0.4, -0.2) is 28.7 Å². The zero-order valence-corrected chi connectivity index (χ0v) is 17.3. The van der Waals surface area contributed by atoms with Gasteiger partial charge in [-0.15, -0.1) is 0 Å². The van der Waals surface area contributed by atoms with E-state index < -0.39 is 30.0 Å². The molecule has 2 aromatic rings. The molecule has 0 unspecified atom stereocenters. The van der Waals surface area contributed by atoms with E-state index in [4.69, 9.17) is 4.74 Å². The minimum absolute atomic E-state index is 0.00977. The number of hydrogen-bond acceptors (Lipinski definition) is 5. The van der Waals surface area contributed by atoms with Gasteiger partial charge in [0, 0.05) is 5.69 Å². The molecule has 0 aromatic heterocycles. The lowest BCUT2D eigenvalue weighted by Crippen LogP contribution is -2.35. The first-order valence-corrected chi connectivity index (χ1v) is 9.69. The number of carbonyl (C=O) groups is 2. The molecule has 1 amide bonds. The van der Waals surface area contributed by atoms with Gasteiger partial charge in [0.05, 0.1) is 11.5 Å². The minimum atomic E-state index is -1.30. The molecule has 6 nitrogen and oxygen atoms in total. The summed E-state index contributed by atoms with van der Waals surface area (Å²) in [4.78, 5) is 24.6. The Morgan fingerprint density at radius 3 is 2.34 bits per heavy atom. The summed E-state index contributed by atoms with van der Waals surface area (Å²) < 4.78 is 5.12. The third-order valence-corrected chi connectivity index (χ3v) is 5.11. The molecule has 29 heavy (non-hydrogen) atoms. The Hall–Kier alpha value is -2.86. The largest absolute Gasteiger partial charge is 0.508 e. The Morgan fingerprint density at radius 1 is 1.10 bits per heavy atom. The van der Waals surface area contributed by atoms with E-state index in [0.29, 0.717) is 17.2 Å². The second-order valence-corrected chi connectivity index (χ2v) is 7.77. The molecule has 0 fully saturated rings. The van der Waals surface area contributed by atoms with Crippen LogP contribution in [-0.2, 0) is 14.3 Å². The van der Waals surface area contributed by atoms with Gasteiger partial charge in [0.25, 0.3) is 5.91 Å². The Bertz CT molecular complexity index is 845. The van der Waals surface area contributed by atoms with Crippen LogP contribution in [0, 0.1) is 5.41 Å². The van der Waals surface area contributed by atoms with Crippen molar-refractivity contribution in [2.45, 2.75) is 46.1 Å². The van der Waals surface area contributed by atoms with Gasteiger partial charge in [-0.3, -0.25) is 9.59 Å². The maximum atomic E-state index is 12.4. The van der Waals surface area contributed by atoms with Crippen LogP contribution >= 0.6 is 0 Å². The predicted octanol–water partition coefficient (Wildman–Crippen LogP) is 4.15. The molecule has 0 saturated carbocycles. The Kier molecular flexibility index (Phi) is 7.40. The topological polar surface area (TPSA) is 95.9 Å². The normalized spacial score (nSPS) is 13.4. The standard InChI is InChI=1S/C23H29NO5/c1-5-15(2)16-9-11-18(12-10-16)24-20(26)14-29-22(28)23(3,4)21(27)17-7-6-8-19(25)13-17/h6-13,15,21,25,27H,5,14H2,1-4H3,(H,24,26)/t15-,21-/m0/s1. The van der Waals surface area contributed by atoms with Gasteiger partial charge in [0.2, 0.25) is 0 Å². The highest BCUT2D eigenvalue weighted by atomic mass is 16.5. The minimum Gasteiger partial charge on any atom is -0.508 e. The number of anilines is 1. The van der Waals surface area contributed by atoms with Crippen molar-refractivity contribution in [2.24, 2.45) is 5.41 Å². The lowest BCUT2D eigenvalue weighted by molar-refractivity contribution is -0.162. The SMILES string of the molecule is CC[C@H](C)c1ccc(NC(=O)COC(=O)C(C)(C)[C@@H](O)c2cccc(O)c2)cc1. The van der Waals surface area contributed by atoms with Crippen molar-refractivity contribution in [3.63, 3.8) is 0 Å². The summed E-state index contributed by atoms with van der Waals surface area (Å²) in [6.07, 6.45) is -0.162. The van der Waals surface area contributed by atoms with E-state index in [1.807, 2.05) is 24.3 Å². The fourth-order valence-corrected chi connectivity index (χ4v) is 2.87. The molecule has 0 saturated heterocycles. The maximum Gasteiger partial charge on any atom is 0.315 e. The number of ether oxygens (including phenoxy) is 1. The van der Waals surface area contributed by atoms with E-state index in [1.54, 1.807) is 12.1 Å². The van der Waals surface area contributed by atoms with Crippen molar-refractivity contribution in [3.05, 3.63) is 59.7 Å². The summed E-state index contributed by atoms with van der Waals surface area (Å²) in [5.41, 5.74) is 0.904. The molecule has 2 rings (SSSR count). The first kappa shape index (κ1) is 22.4. The second-order valence-electron chi connectivity index (χ2n) is 7.77. The monoisotopic (exact) mass is 399 g/mol. The maximum absolute atomic E-state index is 12.4. The van der Waals surface area contributed by atoms with Gasteiger partial charge < -0.3 is 20.3 Å². The highest BCUT2D eigenvalue weighted by Crippen LogP contribution is 2.35. The van der Waals surface area contributed by atoms with Gasteiger partial charge in [-0.05, 0) is 61.6 Å². The molecule has 0 aliphatic carbocycles. The van der Waals surface area contributed by atoms with Gasteiger partial charge >= 0.3 is 5.97 Å². The fraction of sp³-hybridized carbons (Fsp3) is 0.391. The van der Waals surface area contributed by atoms with Gasteiger partial charge in [-0.25, -0.2) is 0 Å². The number of phenols is 1. The summed E-state index contributed by atoms with van der Waals surface area (Å²) in [6, 6.07) is 13.6. The highest BCUT2D eigenvalue weighted by Gasteiger charge is 2.38. The second kappa shape index (κ2) is 9.56. The molecule has 0 heterocycles. The average molecular weight is 399 g/mol. The van der Waals surface area contributed by atoms with Crippen LogP contribution in [0.2, 0.25) is 0 Å². The summed E-state index contributed by atoms with van der Waals surface area (Å²) >= 11 is 0. The van der Waals surface area contributed by atoms with Crippen LogP contribution in [0.4, 0.5) is 5.69 Å². The zero-order chi connectivity index (χ0) is 21.6. The van der Waals surface area contributed by atoms with Crippen molar-refractivity contribution >= 4 is 17.6 Å². The quantitative estimate of drug-likeness (QED) is 0.580. The number of aliphatic hydroxyl groups is 1. The molecule has 2 atom stereocenters. The van der Waals surface area contributed by atoms with Gasteiger partial charge in [0.15, 0.2) is 6.61 Å². The molecule has 0 radical (unpaired) electrons. The van der Waals surface area contributed by atoms with Crippen LogP contribution < -0.4 is 5.32 Å². The number of rotatable bonds is 8. The van der Waals surface area contributed by atoms with Crippen LogP contribution in [0.15, 0.2) is 48.5 Å². The van der Waals surface area contributed by atoms with Crippen LogP contribution in [0.25, 0.3) is 0 Å². The molecule has 0 bridgehead atoms. The predicted molar refractivity (Wildman–Crippen MR) is 112 cm³/mol. The first-order chi connectivity index (χ1) is 13.6. The third kappa shape index (κ3) is 5.81. The molecular weight excluding hydrogens is 370 g/mol. The van der Waals surface area contributed by atoms with E-state index in [-0.39, 0.29) is 5.75 Å². The van der Waals surface area contributed by atoms with Crippen LogP contribution in [0.5, 0.6) is 5.75 Å². The number of carbonyl (C=O) groups excluding carboxylic acids is 2.